The molecule has 0 spiro atoms. The summed E-state index contributed by atoms with van der Waals surface area (Å²) in [6.07, 6.45) is -0.167. The normalized spacial score (nSPS) is 7.41. The van der Waals surface area contributed by atoms with Gasteiger partial charge in [0.1, 0.15) is 0 Å². The van der Waals surface area contributed by atoms with Crippen molar-refractivity contribution in [1.82, 2.24) is 0 Å². The molecule has 0 unspecified atom stereocenters. The minimum absolute atomic E-state index is 0. The van der Waals surface area contributed by atoms with Crippen molar-refractivity contribution < 1.29 is 42.1 Å². The van der Waals surface area contributed by atoms with E-state index >= 15 is 0 Å². The van der Waals surface area contributed by atoms with E-state index in [4.69, 9.17) is 37.6 Å². The summed E-state index contributed by atoms with van der Waals surface area (Å²) in [7, 11) is 0. The van der Waals surface area contributed by atoms with Crippen LogP contribution in [-0.2, 0) is 21.7 Å². The molecule has 0 saturated carbocycles. The van der Waals surface area contributed by atoms with Gasteiger partial charge in [0.15, 0.2) is 0 Å². The summed E-state index contributed by atoms with van der Waals surface area (Å²) in [6, 6.07) is 0. The van der Waals surface area contributed by atoms with E-state index in [1.807, 2.05) is 0 Å². The van der Waals surface area contributed by atoms with Gasteiger partial charge in [-0.3, -0.25) is 0 Å². The number of aliphatic hydroxyl groups excluding tert-OH is 4. The third-order valence-corrected chi connectivity index (χ3v) is 0.387. The van der Waals surface area contributed by atoms with Gasteiger partial charge in [-0.15, -0.1) is 0 Å². The zero-order valence-electron chi connectivity index (χ0n) is 10.8. The van der Waals surface area contributed by atoms with Gasteiger partial charge >= 0.3 is 0 Å². The number of aliphatic hydroxyl groups is 4. The zero-order valence-corrected chi connectivity index (χ0v) is 12.4. The SMILES string of the molecule is CC(C)O.NCCO.NCCO.NCCO.[Ti]. The molecule has 0 amide bonds. The van der Waals surface area contributed by atoms with E-state index in [1.54, 1.807) is 13.8 Å². The molecule has 0 heterocycles. The molecule has 0 aliphatic carbocycles. The average molecular weight is 291 g/mol. The first kappa shape index (κ1) is 30.5. The van der Waals surface area contributed by atoms with Gasteiger partial charge < -0.3 is 37.6 Å². The molecule has 0 bridgehead atoms. The Hall–Kier alpha value is 0.434. The second-order valence-corrected chi connectivity index (χ2v) is 2.63. The summed E-state index contributed by atoms with van der Waals surface area (Å²) < 4.78 is 0. The van der Waals surface area contributed by atoms with E-state index in [2.05, 4.69) is 0 Å². The summed E-state index contributed by atoms with van der Waals surface area (Å²) in [6.45, 7) is 4.86. The summed E-state index contributed by atoms with van der Waals surface area (Å²) in [5, 5.41) is 31.3. The summed E-state index contributed by atoms with van der Waals surface area (Å²) in [5.41, 5.74) is 14.3. The number of hydrogen-bond donors (Lipinski definition) is 7. The van der Waals surface area contributed by atoms with Crippen LogP contribution < -0.4 is 17.2 Å². The molecule has 0 aromatic heterocycles. The Labute approximate surface area is 119 Å². The molecule has 0 radical (unpaired) electrons. The molecule has 8 heteroatoms. The molecule has 0 aromatic carbocycles. The molecule has 17 heavy (non-hydrogen) atoms. The Morgan fingerprint density at radius 3 is 0.824 bits per heavy atom. The van der Waals surface area contributed by atoms with Crippen molar-refractivity contribution in [3.05, 3.63) is 0 Å². The topological polar surface area (TPSA) is 159 Å². The van der Waals surface area contributed by atoms with Crippen LogP contribution in [0.5, 0.6) is 0 Å². The maximum atomic E-state index is 8.06. The first-order valence-corrected chi connectivity index (χ1v) is 5.09. The van der Waals surface area contributed by atoms with E-state index in [0.29, 0.717) is 19.6 Å². The first-order valence-electron chi connectivity index (χ1n) is 5.09. The van der Waals surface area contributed by atoms with Crippen molar-refractivity contribution in [3.8, 4) is 0 Å². The van der Waals surface area contributed by atoms with Gasteiger partial charge in [0.25, 0.3) is 0 Å². The van der Waals surface area contributed by atoms with Crippen LogP contribution in [0.15, 0.2) is 0 Å². The Balaban J connectivity index is -0.0000000369. The molecule has 108 valence electrons. The Morgan fingerprint density at radius 2 is 0.824 bits per heavy atom. The largest absolute Gasteiger partial charge is 0.395 e. The predicted molar refractivity (Wildman–Crippen MR) is 65.8 cm³/mol. The summed E-state index contributed by atoms with van der Waals surface area (Å²) in [5.74, 6) is 0. The van der Waals surface area contributed by atoms with Crippen LogP contribution in [0, 0.1) is 0 Å². The van der Waals surface area contributed by atoms with Gasteiger partial charge in [0.05, 0.1) is 19.8 Å². The molecule has 7 nitrogen and oxygen atoms in total. The number of rotatable bonds is 3. The van der Waals surface area contributed by atoms with Crippen molar-refractivity contribution in [1.29, 1.82) is 0 Å². The van der Waals surface area contributed by atoms with E-state index in [0.717, 1.165) is 0 Å². The molecule has 0 rings (SSSR count). The zero-order chi connectivity index (χ0) is 13.8. The summed E-state index contributed by atoms with van der Waals surface area (Å²) >= 11 is 0. The third kappa shape index (κ3) is 290. The van der Waals surface area contributed by atoms with E-state index in [1.165, 1.54) is 0 Å². The molecular weight excluding hydrogens is 262 g/mol. The van der Waals surface area contributed by atoms with Crippen LogP contribution in [-0.4, -0.2) is 66.0 Å². The standard InChI is InChI=1S/C3H8O.3C2H7NO.Ti/c1-3(2)4;3*3-1-2-4;/h3-4H,1-2H3;3*4H,1-3H2;. The van der Waals surface area contributed by atoms with Gasteiger partial charge in [-0.05, 0) is 13.8 Å². The van der Waals surface area contributed by atoms with E-state index in [9.17, 15) is 0 Å². The molecule has 0 fully saturated rings. The Morgan fingerprint density at radius 1 is 0.765 bits per heavy atom. The Kier molecular flexibility index (Phi) is 78.8. The fraction of sp³-hybridized carbons (Fsp3) is 1.00. The maximum Gasteiger partial charge on any atom is 0.0553 e. The fourth-order valence-electron chi connectivity index (χ4n) is 0. The van der Waals surface area contributed by atoms with Crippen LogP contribution >= 0.6 is 0 Å². The molecule has 0 aliphatic heterocycles. The molecular formula is C9H29N3O4Ti. The second-order valence-electron chi connectivity index (χ2n) is 2.63. The van der Waals surface area contributed by atoms with Crippen LogP contribution in [0.25, 0.3) is 0 Å². The monoisotopic (exact) mass is 291 g/mol. The van der Waals surface area contributed by atoms with E-state index in [-0.39, 0.29) is 47.6 Å². The fourth-order valence-corrected chi connectivity index (χ4v) is 0. The smallest absolute Gasteiger partial charge is 0.0553 e. The van der Waals surface area contributed by atoms with Crippen LogP contribution in [0.4, 0.5) is 0 Å². The van der Waals surface area contributed by atoms with Gasteiger partial charge in [-0.25, -0.2) is 0 Å². The van der Waals surface area contributed by atoms with Gasteiger partial charge in [-0.1, -0.05) is 0 Å². The van der Waals surface area contributed by atoms with Crippen LogP contribution in [0.1, 0.15) is 13.8 Å². The van der Waals surface area contributed by atoms with Crippen molar-refractivity contribution >= 4 is 0 Å². The minimum atomic E-state index is -0.167. The van der Waals surface area contributed by atoms with E-state index < -0.39 is 0 Å². The second kappa shape index (κ2) is 44.0. The average Bonchev–Trinajstić information content (AvgIpc) is 2.28. The molecule has 0 aliphatic rings. The number of nitrogens with two attached hydrogens (primary N) is 3. The molecule has 0 aromatic rings. The van der Waals surface area contributed by atoms with Gasteiger partial charge in [-0.2, -0.15) is 0 Å². The minimum Gasteiger partial charge on any atom is -0.395 e. The van der Waals surface area contributed by atoms with Crippen molar-refractivity contribution in [2.24, 2.45) is 17.2 Å². The Bertz CT molecular complexity index is 65.0. The van der Waals surface area contributed by atoms with Gasteiger partial charge in [0, 0.05) is 47.5 Å². The van der Waals surface area contributed by atoms with Crippen molar-refractivity contribution in [3.63, 3.8) is 0 Å². The van der Waals surface area contributed by atoms with Crippen molar-refractivity contribution in [2.75, 3.05) is 39.5 Å². The van der Waals surface area contributed by atoms with Crippen LogP contribution in [0.3, 0.4) is 0 Å². The molecule has 0 saturated heterocycles. The third-order valence-electron chi connectivity index (χ3n) is 0.387. The molecule has 0 atom stereocenters. The predicted octanol–water partition coefficient (Wildman–Crippen LogP) is -2.80. The molecule has 10 N–H and O–H groups in total. The van der Waals surface area contributed by atoms with Gasteiger partial charge in [0.2, 0.25) is 0 Å². The maximum absolute atomic E-state index is 8.06. The first-order chi connectivity index (χ1) is 7.47. The number of hydrogen-bond acceptors (Lipinski definition) is 7. The quantitative estimate of drug-likeness (QED) is 0.276. The van der Waals surface area contributed by atoms with Crippen LogP contribution in [0.2, 0.25) is 0 Å². The summed E-state index contributed by atoms with van der Waals surface area (Å²) in [4.78, 5) is 0. The van der Waals surface area contributed by atoms with Crippen molar-refractivity contribution in [2.45, 2.75) is 20.0 Å².